The molecule has 0 aliphatic carbocycles. The monoisotopic (exact) mass is 406 g/mol. The third-order valence-electron chi connectivity index (χ3n) is 4.81. The minimum absolute atomic E-state index is 0.0856. The molecule has 0 spiro atoms. The van der Waals surface area contributed by atoms with Crippen LogP contribution >= 0.6 is 0 Å². The highest BCUT2D eigenvalue weighted by Crippen LogP contribution is 2.31. The molecule has 0 unspecified atom stereocenters. The molecular formula is C24H33F3N2. The molecule has 0 heterocycles. The van der Waals surface area contributed by atoms with E-state index in [0.717, 1.165) is 55.6 Å². The van der Waals surface area contributed by atoms with Crippen molar-refractivity contribution in [2.45, 2.75) is 64.7 Å². The Labute approximate surface area is 172 Å². The maximum atomic E-state index is 12.7. The van der Waals surface area contributed by atoms with Crippen LogP contribution in [0.15, 0.2) is 48.5 Å². The van der Waals surface area contributed by atoms with Gasteiger partial charge in [0.1, 0.15) is 0 Å². The predicted octanol–water partition coefficient (Wildman–Crippen LogP) is 6.06. The number of aryl methyl sites for hydroxylation is 1. The average molecular weight is 407 g/mol. The molecule has 0 aliphatic rings. The van der Waals surface area contributed by atoms with E-state index in [1.165, 1.54) is 17.7 Å². The zero-order valence-corrected chi connectivity index (χ0v) is 17.9. The third-order valence-corrected chi connectivity index (χ3v) is 4.81. The number of halogens is 3. The third kappa shape index (κ3) is 8.19. The summed E-state index contributed by atoms with van der Waals surface area (Å²) in [6.07, 6.45) is -1.08. The molecule has 0 saturated heterocycles. The number of nitrogens with one attached hydrogen (secondary N) is 2. The molecule has 29 heavy (non-hydrogen) atoms. The lowest BCUT2D eigenvalue weighted by Gasteiger charge is -2.29. The van der Waals surface area contributed by atoms with Crippen molar-refractivity contribution in [1.82, 2.24) is 10.6 Å². The Morgan fingerprint density at radius 2 is 1.38 bits per heavy atom. The van der Waals surface area contributed by atoms with Gasteiger partial charge in [0.15, 0.2) is 0 Å². The molecule has 0 radical (unpaired) electrons. The summed E-state index contributed by atoms with van der Waals surface area (Å²) in [5.74, 6) is 0. The van der Waals surface area contributed by atoms with E-state index in [4.69, 9.17) is 0 Å². The highest BCUT2D eigenvalue weighted by atomic mass is 19.4. The molecule has 2 aromatic rings. The lowest BCUT2D eigenvalue weighted by molar-refractivity contribution is -0.137. The molecule has 0 bridgehead atoms. The second kappa shape index (κ2) is 10.3. The molecule has 2 rings (SSSR count). The van der Waals surface area contributed by atoms with Gasteiger partial charge < -0.3 is 10.6 Å². The summed E-state index contributed by atoms with van der Waals surface area (Å²) in [6.45, 7) is 10.7. The lowest BCUT2D eigenvalue weighted by atomic mass is 10.0. The highest BCUT2D eigenvalue weighted by Gasteiger charge is 2.29. The van der Waals surface area contributed by atoms with Gasteiger partial charge in [0.05, 0.1) is 5.56 Å². The van der Waals surface area contributed by atoms with Gasteiger partial charge in [-0.2, -0.15) is 13.2 Å². The Balaban J connectivity index is 1.74. The van der Waals surface area contributed by atoms with Crippen LogP contribution in [0.2, 0.25) is 0 Å². The van der Waals surface area contributed by atoms with Crippen molar-refractivity contribution >= 4 is 0 Å². The first-order chi connectivity index (χ1) is 13.6. The molecule has 0 atom stereocenters. The maximum absolute atomic E-state index is 12.7. The number of benzene rings is 2. The summed E-state index contributed by atoms with van der Waals surface area (Å²) in [5.41, 5.74) is 2.45. The average Bonchev–Trinajstić information content (AvgIpc) is 2.63. The van der Waals surface area contributed by atoms with Gasteiger partial charge in [-0.3, -0.25) is 0 Å². The lowest BCUT2D eigenvalue weighted by Crippen LogP contribution is -2.50. The van der Waals surface area contributed by atoms with Crippen molar-refractivity contribution in [2.24, 2.45) is 0 Å². The van der Waals surface area contributed by atoms with Gasteiger partial charge in [0, 0.05) is 18.1 Å². The van der Waals surface area contributed by atoms with Gasteiger partial charge in [-0.1, -0.05) is 50.2 Å². The normalized spacial score (nSPS) is 12.6. The summed E-state index contributed by atoms with van der Waals surface area (Å²) in [5, 5.41) is 7.07. The van der Waals surface area contributed by atoms with E-state index in [1.54, 1.807) is 0 Å². The van der Waals surface area contributed by atoms with Crippen molar-refractivity contribution in [3.8, 4) is 11.1 Å². The fraction of sp³-hybridized carbons (Fsp3) is 0.500. The molecule has 0 fully saturated rings. The predicted molar refractivity (Wildman–Crippen MR) is 115 cm³/mol. The quantitative estimate of drug-likeness (QED) is 0.469. The van der Waals surface area contributed by atoms with E-state index in [1.807, 2.05) is 12.1 Å². The van der Waals surface area contributed by atoms with Crippen molar-refractivity contribution in [3.63, 3.8) is 0 Å². The summed E-state index contributed by atoms with van der Waals surface area (Å²) >= 11 is 0. The number of hydrogen-bond acceptors (Lipinski definition) is 2. The van der Waals surface area contributed by atoms with Gasteiger partial charge in [-0.15, -0.1) is 0 Å². The summed E-state index contributed by atoms with van der Waals surface area (Å²) in [7, 11) is 0. The second-order valence-corrected chi connectivity index (χ2v) is 8.59. The molecule has 2 aromatic carbocycles. The van der Waals surface area contributed by atoms with Crippen LogP contribution in [0, 0.1) is 0 Å². The van der Waals surface area contributed by atoms with Crippen molar-refractivity contribution in [2.75, 3.05) is 13.1 Å². The minimum atomic E-state index is -4.29. The van der Waals surface area contributed by atoms with Crippen molar-refractivity contribution in [3.05, 3.63) is 59.7 Å². The number of rotatable bonds is 10. The molecule has 0 aliphatic heterocycles. The molecular weight excluding hydrogens is 373 g/mol. The zero-order valence-electron chi connectivity index (χ0n) is 17.9. The second-order valence-electron chi connectivity index (χ2n) is 8.59. The first-order valence-electron chi connectivity index (χ1n) is 10.3. The molecule has 5 heteroatoms. The number of hydrogen-bond donors (Lipinski definition) is 2. The van der Waals surface area contributed by atoms with Gasteiger partial charge in [-0.25, -0.2) is 0 Å². The molecule has 2 N–H and O–H groups in total. The van der Waals surface area contributed by atoms with Crippen molar-refractivity contribution < 1.29 is 13.2 Å². The minimum Gasteiger partial charge on any atom is -0.315 e. The fourth-order valence-corrected chi connectivity index (χ4v) is 3.53. The van der Waals surface area contributed by atoms with Crippen LogP contribution in [-0.4, -0.2) is 24.7 Å². The first-order valence-corrected chi connectivity index (χ1v) is 10.3. The Morgan fingerprint density at radius 1 is 0.828 bits per heavy atom. The Bertz CT molecular complexity index is 732. The topological polar surface area (TPSA) is 24.1 Å². The van der Waals surface area contributed by atoms with E-state index in [-0.39, 0.29) is 5.54 Å². The maximum Gasteiger partial charge on any atom is 0.416 e. The van der Waals surface area contributed by atoms with Crippen molar-refractivity contribution in [1.29, 1.82) is 0 Å². The smallest absolute Gasteiger partial charge is 0.315 e. The molecule has 2 nitrogen and oxygen atoms in total. The van der Waals surface area contributed by atoms with E-state index in [2.05, 4.69) is 50.5 Å². The van der Waals surface area contributed by atoms with Crippen LogP contribution in [0.1, 0.15) is 51.7 Å². The molecule has 160 valence electrons. The van der Waals surface area contributed by atoms with Crippen LogP contribution in [0.25, 0.3) is 11.1 Å². The molecule has 0 saturated carbocycles. The summed E-state index contributed by atoms with van der Waals surface area (Å²) in [4.78, 5) is 0. The Morgan fingerprint density at radius 3 is 1.90 bits per heavy atom. The SMILES string of the molecule is CC(C)NC(C)(C)CNCCCCc1ccc(-c2ccc(C(F)(F)F)cc2)cc1. The standard InChI is InChI=1S/C24H33F3N2/c1-18(2)29-23(3,4)17-28-16-6-5-7-19-8-10-20(11-9-19)21-12-14-22(15-13-21)24(25,26)27/h8-15,18,28-29H,5-7,16-17H2,1-4H3. The van der Waals surface area contributed by atoms with Crippen LogP contribution in [-0.2, 0) is 12.6 Å². The van der Waals surface area contributed by atoms with Gasteiger partial charge in [-0.05, 0) is 68.5 Å². The zero-order chi connectivity index (χ0) is 21.5. The van der Waals surface area contributed by atoms with E-state index >= 15 is 0 Å². The highest BCUT2D eigenvalue weighted by molar-refractivity contribution is 5.64. The van der Waals surface area contributed by atoms with Crippen LogP contribution in [0.3, 0.4) is 0 Å². The molecule has 0 amide bonds. The van der Waals surface area contributed by atoms with E-state index < -0.39 is 11.7 Å². The van der Waals surface area contributed by atoms with Crippen LogP contribution in [0.5, 0.6) is 0 Å². The summed E-state index contributed by atoms with van der Waals surface area (Å²) in [6, 6.07) is 13.9. The number of unbranched alkanes of at least 4 members (excludes halogenated alkanes) is 1. The van der Waals surface area contributed by atoms with Gasteiger partial charge >= 0.3 is 6.18 Å². The Kier molecular flexibility index (Phi) is 8.29. The van der Waals surface area contributed by atoms with Gasteiger partial charge in [0.25, 0.3) is 0 Å². The summed E-state index contributed by atoms with van der Waals surface area (Å²) < 4.78 is 38.0. The van der Waals surface area contributed by atoms with E-state index in [9.17, 15) is 13.2 Å². The fourth-order valence-electron chi connectivity index (χ4n) is 3.53. The van der Waals surface area contributed by atoms with Gasteiger partial charge in [0.2, 0.25) is 0 Å². The van der Waals surface area contributed by atoms with Crippen LogP contribution < -0.4 is 10.6 Å². The van der Waals surface area contributed by atoms with Crippen LogP contribution in [0.4, 0.5) is 13.2 Å². The van der Waals surface area contributed by atoms with E-state index in [0.29, 0.717) is 6.04 Å². The largest absolute Gasteiger partial charge is 0.416 e. The Hall–Kier alpha value is -1.85. The number of alkyl halides is 3. The first kappa shape index (κ1) is 23.4. The molecule has 0 aromatic heterocycles.